The molecule has 2 rings (SSSR count). The first kappa shape index (κ1) is 7.65. The first-order valence-electron chi connectivity index (χ1n) is 4.51. The lowest BCUT2D eigenvalue weighted by atomic mass is 9.98. The van der Waals surface area contributed by atoms with Gasteiger partial charge in [-0.25, -0.2) is 0 Å². The quantitative estimate of drug-likeness (QED) is 0.678. The summed E-state index contributed by atoms with van der Waals surface area (Å²) in [5.74, 6) is 0.766. The van der Waals surface area contributed by atoms with Crippen LogP contribution in [0.4, 0.5) is 0 Å². The van der Waals surface area contributed by atoms with E-state index in [4.69, 9.17) is 4.74 Å². The monoisotopic (exact) mass is 167 g/mol. The predicted molar refractivity (Wildman–Crippen MR) is 44.0 cm³/mol. The van der Waals surface area contributed by atoms with Crippen molar-refractivity contribution in [2.45, 2.75) is 38.2 Å². The molecule has 0 aromatic carbocycles. The highest BCUT2D eigenvalue weighted by atomic mass is 16.5. The molecule has 1 aromatic rings. The van der Waals surface area contributed by atoms with Gasteiger partial charge >= 0.3 is 0 Å². The van der Waals surface area contributed by atoms with Crippen LogP contribution in [0, 0.1) is 0 Å². The van der Waals surface area contributed by atoms with Crippen molar-refractivity contribution >= 4 is 0 Å². The number of ether oxygens (including phenoxy) is 1. The summed E-state index contributed by atoms with van der Waals surface area (Å²) in [5.41, 5.74) is 0. The Balaban J connectivity index is 1.86. The van der Waals surface area contributed by atoms with E-state index < -0.39 is 0 Å². The van der Waals surface area contributed by atoms with E-state index in [1.165, 1.54) is 32.1 Å². The van der Waals surface area contributed by atoms with Crippen LogP contribution in [0.1, 0.15) is 32.1 Å². The fourth-order valence-corrected chi connectivity index (χ4v) is 1.63. The molecule has 0 aliphatic heterocycles. The van der Waals surface area contributed by atoms with Crippen LogP contribution in [0.25, 0.3) is 0 Å². The molecular weight excluding hydrogens is 154 g/mol. The van der Waals surface area contributed by atoms with Gasteiger partial charge in [-0.15, -0.1) is 0 Å². The minimum Gasteiger partial charge on any atom is -0.485 e. The summed E-state index contributed by atoms with van der Waals surface area (Å²) in [4.78, 5) is 0. The molecule has 12 heavy (non-hydrogen) atoms. The Morgan fingerprint density at radius 1 is 1.33 bits per heavy atom. The maximum atomic E-state index is 5.64. The molecule has 0 atom stereocenters. The lowest BCUT2D eigenvalue weighted by molar-refractivity contribution is 0.154. The van der Waals surface area contributed by atoms with Gasteiger partial charge in [0.1, 0.15) is 6.20 Å². The number of hydrogen-bond acceptors (Lipinski definition) is 3. The Hall–Kier alpha value is -0.990. The van der Waals surface area contributed by atoms with E-state index in [2.05, 4.69) is 9.68 Å². The molecule has 0 radical (unpaired) electrons. The lowest BCUT2D eigenvalue weighted by Gasteiger charge is -2.21. The maximum absolute atomic E-state index is 5.64. The first-order chi connectivity index (χ1) is 5.95. The van der Waals surface area contributed by atoms with E-state index in [0.717, 1.165) is 5.75 Å². The Bertz CT molecular complexity index is 214. The first-order valence-corrected chi connectivity index (χ1v) is 4.51. The zero-order valence-electron chi connectivity index (χ0n) is 7.03. The smallest absolute Gasteiger partial charge is 0.179 e. The zero-order valence-corrected chi connectivity index (χ0v) is 7.03. The van der Waals surface area contributed by atoms with Gasteiger partial charge in [0, 0.05) is 0 Å². The van der Waals surface area contributed by atoms with E-state index in [-0.39, 0.29) is 0 Å². The second kappa shape index (κ2) is 3.61. The molecule has 1 heterocycles. The van der Waals surface area contributed by atoms with E-state index in [1.54, 1.807) is 12.5 Å². The molecule has 0 spiro atoms. The van der Waals surface area contributed by atoms with Crippen LogP contribution in [-0.2, 0) is 0 Å². The van der Waals surface area contributed by atoms with E-state index >= 15 is 0 Å². The molecule has 1 aliphatic rings. The van der Waals surface area contributed by atoms with Crippen LogP contribution < -0.4 is 4.74 Å². The molecule has 66 valence electrons. The second-order valence-corrected chi connectivity index (χ2v) is 3.24. The molecule has 0 unspecified atom stereocenters. The van der Waals surface area contributed by atoms with E-state index in [0.29, 0.717) is 6.10 Å². The number of nitrogens with zero attached hydrogens (tertiary/aromatic N) is 1. The van der Waals surface area contributed by atoms with Crippen LogP contribution in [0.15, 0.2) is 17.0 Å². The number of rotatable bonds is 2. The van der Waals surface area contributed by atoms with Gasteiger partial charge < -0.3 is 9.26 Å². The molecule has 0 amide bonds. The number of hydrogen-bond donors (Lipinski definition) is 0. The highest BCUT2D eigenvalue weighted by Crippen LogP contribution is 2.22. The molecule has 3 heteroatoms. The summed E-state index contributed by atoms with van der Waals surface area (Å²) >= 11 is 0. The third-order valence-electron chi connectivity index (χ3n) is 2.26. The minimum absolute atomic E-state index is 0.387. The fraction of sp³-hybridized carbons (Fsp3) is 0.667. The van der Waals surface area contributed by atoms with Crippen molar-refractivity contribution in [1.29, 1.82) is 0 Å². The van der Waals surface area contributed by atoms with Crippen molar-refractivity contribution in [1.82, 2.24) is 5.16 Å². The van der Waals surface area contributed by atoms with Gasteiger partial charge in [-0.05, 0) is 25.7 Å². The zero-order chi connectivity index (χ0) is 8.23. The van der Waals surface area contributed by atoms with Gasteiger partial charge in [0.2, 0.25) is 0 Å². The van der Waals surface area contributed by atoms with Gasteiger partial charge in [-0.1, -0.05) is 11.6 Å². The maximum Gasteiger partial charge on any atom is 0.179 e. The van der Waals surface area contributed by atoms with E-state index in [9.17, 15) is 0 Å². The molecule has 1 aromatic heterocycles. The Morgan fingerprint density at radius 2 is 2.17 bits per heavy atom. The largest absolute Gasteiger partial charge is 0.485 e. The molecule has 0 bridgehead atoms. The molecule has 3 nitrogen and oxygen atoms in total. The molecule has 1 fully saturated rings. The minimum atomic E-state index is 0.387. The summed E-state index contributed by atoms with van der Waals surface area (Å²) in [6, 6.07) is 0. The van der Waals surface area contributed by atoms with Crippen LogP contribution in [0.3, 0.4) is 0 Å². The average Bonchev–Trinajstić information content (AvgIpc) is 2.59. The predicted octanol–water partition coefficient (Wildman–Crippen LogP) is 2.39. The van der Waals surface area contributed by atoms with Crippen LogP contribution in [0.2, 0.25) is 0 Å². The van der Waals surface area contributed by atoms with Crippen molar-refractivity contribution in [3.05, 3.63) is 12.5 Å². The van der Waals surface area contributed by atoms with Gasteiger partial charge in [0.05, 0.1) is 6.10 Å². The molecule has 0 N–H and O–H groups in total. The Morgan fingerprint density at radius 3 is 2.83 bits per heavy atom. The second-order valence-electron chi connectivity index (χ2n) is 3.24. The van der Waals surface area contributed by atoms with Crippen molar-refractivity contribution in [3.8, 4) is 5.75 Å². The molecule has 1 saturated carbocycles. The normalized spacial score (nSPS) is 19.3. The van der Waals surface area contributed by atoms with Gasteiger partial charge in [-0.2, -0.15) is 0 Å². The highest BCUT2D eigenvalue weighted by Gasteiger charge is 2.15. The van der Waals surface area contributed by atoms with Crippen LogP contribution >= 0.6 is 0 Å². The summed E-state index contributed by atoms with van der Waals surface area (Å²) in [6.07, 6.45) is 9.83. The van der Waals surface area contributed by atoms with Crippen LogP contribution in [0.5, 0.6) is 5.75 Å². The summed E-state index contributed by atoms with van der Waals surface area (Å²) in [7, 11) is 0. The number of aromatic nitrogens is 1. The third-order valence-corrected chi connectivity index (χ3v) is 2.26. The molecule has 1 aliphatic carbocycles. The van der Waals surface area contributed by atoms with Gasteiger partial charge in [0.15, 0.2) is 12.0 Å². The highest BCUT2D eigenvalue weighted by molar-refractivity contribution is 5.08. The standard InChI is InChI=1S/C9H13NO2/c1-2-4-8(5-3-1)12-9-6-10-11-7-9/h6-8H,1-5H2. The Kier molecular flexibility index (Phi) is 2.30. The van der Waals surface area contributed by atoms with E-state index in [1.807, 2.05) is 0 Å². The topological polar surface area (TPSA) is 35.3 Å². The van der Waals surface area contributed by atoms with Crippen molar-refractivity contribution < 1.29 is 9.26 Å². The van der Waals surface area contributed by atoms with Crippen molar-refractivity contribution in [2.24, 2.45) is 0 Å². The SMILES string of the molecule is c1nocc1OC1CCCCC1. The molecule has 0 saturated heterocycles. The van der Waals surface area contributed by atoms with Crippen LogP contribution in [-0.4, -0.2) is 11.3 Å². The fourth-order valence-electron chi connectivity index (χ4n) is 1.63. The van der Waals surface area contributed by atoms with Gasteiger partial charge in [-0.3, -0.25) is 0 Å². The molecular formula is C9H13NO2. The Labute approximate surface area is 71.7 Å². The summed E-state index contributed by atoms with van der Waals surface area (Å²) < 4.78 is 10.3. The third kappa shape index (κ3) is 1.78. The average molecular weight is 167 g/mol. The van der Waals surface area contributed by atoms with Crippen molar-refractivity contribution in [2.75, 3.05) is 0 Å². The van der Waals surface area contributed by atoms with Crippen molar-refractivity contribution in [3.63, 3.8) is 0 Å². The van der Waals surface area contributed by atoms with Gasteiger partial charge in [0.25, 0.3) is 0 Å². The summed E-state index contributed by atoms with van der Waals surface area (Å²) in [5, 5.41) is 3.59. The summed E-state index contributed by atoms with van der Waals surface area (Å²) in [6.45, 7) is 0. The lowest BCUT2D eigenvalue weighted by Crippen LogP contribution is -2.19.